The van der Waals surface area contributed by atoms with Crippen molar-refractivity contribution in [1.82, 2.24) is 19.8 Å². The number of carboxylic acid groups (broad SMARTS) is 1. The summed E-state index contributed by atoms with van der Waals surface area (Å²) in [7, 11) is 1.92. The van der Waals surface area contributed by atoms with Crippen LogP contribution in [0, 0.1) is 5.92 Å². The van der Waals surface area contributed by atoms with E-state index in [2.05, 4.69) is 10.3 Å². The van der Waals surface area contributed by atoms with Crippen molar-refractivity contribution in [3.63, 3.8) is 0 Å². The van der Waals surface area contributed by atoms with Gasteiger partial charge in [-0.2, -0.15) is 0 Å². The standard InChI is InChI=1S/C14H22N4O3/c1-17-8-6-15-12(17)4-5-16-14(21)18-7-2-3-11(10-18)9-13(19)20/h6,8,11H,2-5,7,9-10H2,1H3,(H,16,21)(H,19,20). The van der Waals surface area contributed by atoms with Crippen molar-refractivity contribution < 1.29 is 14.7 Å². The van der Waals surface area contributed by atoms with Crippen molar-refractivity contribution in [3.05, 3.63) is 18.2 Å². The quantitative estimate of drug-likeness (QED) is 0.843. The van der Waals surface area contributed by atoms with Crippen LogP contribution in [0.15, 0.2) is 12.4 Å². The van der Waals surface area contributed by atoms with E-state index in [9.17, 15) is 9.59 Å². The van der Waals surface area contributed by atoms with E-state index in [0.717, 1.165) is 18.7 Å². The van der Waals surface area contributed by atoms with Crippen LogP contribution in [0.2, 0.25) is 0 Å². The highest BCUT2D eigenvalue weighted by molar-refractivity contribution is 5.74. The molecule has 1 atom stereocenters. The Morgan fingerprint density at radius 3 is 3.00 bits per heavy atom. The predicted molar refractivity (Wildman–Crippen MR) is 76.9 cm³/mol. The summed E-state index contributed by atoms with van der Waals surface area (Å²) < 4.78 is 1.93. The number of carbonyl (C=O) groups excluding carboxylic acids is 1. The molecule has 1 aromatic rings. The van der Waals surface area contributed by atoms with E-state index in [1.54, 1.807) is 11.1 Å². The Labute approximate surface area is 124 Å². The molecule has 0 spiro atoms. The number of rotatable bonds is 5. The first-order valence-corrected chi connectivity index (χ1v) is 7.27. The van der Waals surface area contributed by atoms with Crippen LogP contribution < -0.4 is 5.32 Å². The Hall–Kier alpha value is -2.05. The van der Waals surface area contributed by atoms with Gasteiger partial charge in [0, 0.05) is 51.9 Å². The highest BCUT2D eigenvalue weighted by Gasteiger charge is 2.24. The van der Waals surface area contributed by atoms with Crippen LogP contribution in [0.4, 0.5) is 4.79 Å². The van der Waals surface area contributed by atoms with Gasteiger partial charge in [0.05, 0.1) is 0 Å². The van der Waals surface area contributed by atoms with Crippen LogP contribution >= 0.6 is 0 Å². The number of piperidine rings is 1. The zero-order valence-electron chi connectivity index (χ0n) is 12.3. The highest BCUT2D eigenvalue weighted by Crippen LogP contribution is 2.19. The molecule has 7 nitrogen and oxygen atoms in total. The maximum absolute atomic E-state index is 12.1. The minimum Gasteiger partial charge on any atom is -0.481 e. The number of amides is 2. The summed E-state index contributed by atoms with van der Waals surface area (Å²) in [5.74, 6) is 0.200. The van der Waals surface area contributed by atoms with Gasteiger partial charge in [-0.05, 0) is 18.8 Å². The molecule has 1 fully saturated rings. The van der Waals surface area contributed by atoms with Crippen LogP contribution in [-0.2, 0) is 18.3 Å². The number of carbonyl (C=O) groups is 2. The number of aromatic nitrogens is 2. The van der Waals surface area contributed by atoms with Gasteiger partial charge in [-0.25, -0.2) is 9.78 Å². The van der Waals surface area contributed by atoms with Crippen LogP contribution in [0.1, 0.15) is 25.1 Å². The summed E-state index contributed by atoms with van der Waals surface area (Å²) in [6, 6.07) is -0.112. The molecule has 116 valence electrons. The Morgan fingerprint density at radius 2 is 2.33 bits per heavy atom. The van der Waals surface area contributed by atoms with Gasteiger partial charge in [-0.15, -0.1) is 0 Å². The van der Waals surface area contributed by atoms with Gasteiger partial charge in [0.25, 0.3) is 0 Å². The molecule has 2 amide bonds. The SMILES string of the molecule is Cn1ccnc1CCNC(=O)N1CCCC(CC(=O)O)C1. The number of imidazole rings is 1. The van der Waals surface area contributed by atoms with E-state index < -0.39 is 5.97 Å². The second-order valence-corrected chi connectivity index (χ2v) is 5.49. The summed E-state index contributed by atoms with van der Waals surface area (Å²) >= 11 is 0. The summed E-state index contributed by atoms with van der Waals surface area (Å²) in [6.07, 6.45) is 6.17. The van der Waals surface area contributed by atoms with Gasteiger partial charge >= 0.3 is 12.0 Å². The van der Waals surface area contributed by atoms with Gasteiger partial charge in [-0.1, -0.05) is 0 Å². The first-order valence-electron chi connectivity index (χ1n) is 7.27. The van der Waals surface area contributed by atoms with Gasteiger partial charge in [-0.3, -0.25) is 4.79 Å². The third-order valence-corrected chi connectivity index (χ3v) is 3.82. The van der Waals surface area contributed by atoms with E-state index in [1.165, 1.54) is 0 Å². The van der Waals surface area contributed by atoms with Crippen LogP contribution in [-0.4, -0.2) is 51.2 Å². The van der Waals surface area contributed by atoms with Crippen molar-refractivity contribution in [1.29, 1.82) is 0 Å². The minimum atomic E-state index is -0.794. The summed E-state index contributed by atoms with van der Waals surface area (Å²) in [4.78, 5) is 28.8. The smallest absolute Gasteiger partial charge is 0.317 e. The number of nitrogens with one attached hydrogen (secondary N) is 1. The Bertz CT molecular complexity index is 500. The van der Waals surface area contributed by atoms with E-state index >= 15 is 0 Å². The first kappa shape index (κ1) is 15.3. The molecule has 0 bridgehead atoms. The average Bonchev–Trinajstić information content (AvgIpc) is 2.84. The van der Waals surface area contributed by atoms with Crippen LogP contribution in [0.25, 0.3) is 0 Å². The topological polar surface area (TPSA) is 87.5 Å². The molecule has 2 heterocycles. The zero-order chi connectivity index (χ0) is 15.2. The number of nitrogens with zero attached hydrogens (tertiary/aromatic N) is 3. The fourth-order valence-electron chi connectivity index (χ4n) is 2.69. The number of carboxylic acids is 1. The Kier molecular flexibility index (Phi) is 5.19. The van der Waals surface area contributed by atoms with Gasteiger partial charge in [0.2, 0.25) is 0 Å². The monoisotopic (exact) mass is 294 g/mol. The lowest BCUT2D eigenvalue weighted by Gasteiger charge is -2.32. The summed E-state index contributed by atoms with van der Waals surface area (Å²) in [5.41, 5.74) is 0. The summed E-state index contributed by atoms with van der Waals surface area (Å²) in [5, 5.41) is 11.7. The number of likely N-dealkylation sites (tertiary alicyclic amines) is 1. The third kappa shape index (κ3) is 4.47. The van der Waals surface area contributed by atoms with Crippen molar-refractivity contribution in [3.8, 4) is 0 Å². The molecule has 1 aromatic heterocycles. The van der Waals surface area contributed by atoms with Crippen molar-refractivity contribution >= 4 is 12.0 Å². The molecular formula is C14H22N4O3. The highest BCUT2D eigenvalue weighted by atomic mass is 16.4. The predicted octanol–water partition coefficient (Wildman–Crippen LogP) is 0.859. The minimum absolute atomic E-state index is 0.0662. The first-order chi connectivity index (χ1) is 10.1. The van der Waals surface area contributed by atoms with Gasteiger partial charge < -0.3 is 19.9 Å². The summed E-state index contributed by atoms with van der Waals surface area (Å²) in [6.45, 7) is 1.76. The number of urea groups is 1. The number of hydrogen-bond donors (Lipinski definition) is 2. The number of aliphatic carboxylic acids is 1. The second-order valence-electron chi connectivity index (χ2n) is 5.49. The van der Waals surface area contributed by atoms with E-state index in [4.69, 9.17) is 5.11 Å². The lowest BCUT2D eigenvalue weighted by Crippen LogP contribution is -2.46. The normalized spacial score (nSPS) is 18.5. The van der Waals surface area contributed by atoms with Crippen LogP contribution in [0.3, 0.4) is 0 Å². The molecule has 1 unspecified atom stereocenters. The van der Waals surface area contributed by atoms with Crippen molar-refractivity contribution in [2.75, 3.05) is 19.6 Å². The van der Waals surface area contributed by atoms with E-state index in [-0.39, 0.29) is 18.4 Å². The van der Waals surface area contributed by atoms with Crippen molar-refractivity contribution in [2.24, 2.45) is 13.0 Å². The molecule has 1 aliphatic heterocycles. The molecule has 2 rings (SSSR count). The van der Waals surface area contributed by atoms with Crippen molar-refractivity contribution in [2.45, 2.75) is 25.7 Å². The van der Waals surface area contributed by atoms with E-state index in [0.29, 0.717) is 26.1 Å². The number of hydrogen-bond acceptors (Lipinski definition) is 3. The molecule has 0 radical (unpaired) electrons. The molecule has 21 heavy (non-hydrogen) atoms. The molecular weight excluding hydrogens is 272 g/mol. The maximum Gasteiger partial charge on any atom is 0.317 e. The molecule has 0 aliphatic carbocycles. The maximum atomic E-state index is 12.1. The molecule has 7 heteroatoms. The second kappa shape index (κ2) is 7.10. The molecule has 0 aromatic carbocycles. The lowest BCUT2D eigenvalue weighted by atomic mass is 9.95. The molecule has 0 saturated carbocycles. The molecule has 2 N–H and O–H groups in total. The fourth-order valence-corrected chi connectivity index (χ4v) is 2.69. The van der Waals surface area contributed by atoms with Gasteiger partial charge in [0.15, 0.2) is 0 Å². The third-order valence-electron chi connectivity index (χ3n) is 3.82. The Balaban J connectivity index is 1.75. The van der Waals surface area contributed by atoms with Crippen LogP contribution in [0.5, 0.6) is 0 Å². The van der Waals surface area contributed by atoms with E-state index in [1.807, 2.05) is 17.8 Å². The largest absolute Gasteiger partial charge is 0.481 e. The lowest BCUT2D eigenvalue weighted by molar-refractivity contribution is -0.138. The van der Waals surface area contributed by atoms with Gasteiger partial charge in [0.1, 0.15) is 5.82 Å². The molecule has 1 saturated heterocycles. The Morgan fingerprint density at radius 1 is 1.52 bits per heavy atom. The number of aryl methyl sites for hydroxylation is 1. The zero-order valence-corrected chi connectivity index (χ0v) is 12.3. The average molecular weight is 294 g/mol. The molecule has 1 aliphatic rings. The fraction of sp³-hybridized carbons (Fsp3) is 0.643.